The smallest absolute Gasteiger partial charge is 0.315 e. The van der Waals surface area contributed by atoms with Crippen LogP contribution in [-0.2, 0) is 22.6 Å². The topological polar surface area (TPSA) is 83.1 Å². The van der Waals surface area contributed by atoms with Gasteiger partial charge in [-0.1, -0.05) is 72.8 Å². The molecular weight excluding hydrogens is 490 g/mol. The lowest BCUT2D eigenvalue weighted by Gasteiger charge is -2.37. The number of hydrogen-bond acceptors (Lipinski definition) is 5. The average molecular weight is 530 g/mol. The molecule has 0 spiro atoms. The van der Waals surface area contributed by atoms with Gasteiger partial charge in [-0.15, -0.1) is 6.58 Å². The van der Waals surface area contributed by atoms with Gasteiger partial charge in [-0.05, 0) is 47.9 Å². The summed E-state index contributed by atoms with van der Waals surface area (Å²) in [4.78, 5) is 14.0. The lowest BCUT2D eigenvalue weighted by molar-refractivity contribution is -0.252. The summed E-state index contributed by atoms with van der Waals surface area (Å²) in [6, 6.07) is 24.2. The van der Waals surface area contributed by atoms with Crippen LogP contribution in [0, 0.1) is 0 Å². The third-order valence-corrected chi connectivity index (χ3v) is 6.80. The normalized spacial score (nSPS) is 19.0. The van der Waals surface area contributed by atoms with E-state index < -0.39 is 6.29 Å². The van der Waals surface area contributed by atoms with Crippen molar-refractivity contribution in [1.82, 2.24) is 15.5 Å². The van der Waals surface area contributed by atoms with Gasteiger partial charge in [0.2, 0.25) is 0 Å². The zero-order chi connectivity index (χ0) is 27.6. The van der Waals surface area contributed by atoms with Crippen molar-refractivity contribution in [2.45, 2.75) is 45.0 Å². The van der Waals surface area contributed by atoms with E-state index in [1.807, 2.05) is 49.4 Å². The van der Waals surface area contributed by atoms with Crippen LogP contribution in [0.3, 0.4) is 0 Å². The molecule has 206 valence electrons. The van der Waals surface area contributed by atoms with E-state index in [2.05, 4.69) is 65.6 Å². The minimum atomic E-state index is -0.495. The first kappa shape index (κ1) is 28.5. The Balaban J connectivity index is 1.49. The molecule has 7 nitrogen and oxygen atoms in total. The third-order valence-electron chi connectivity index (χ3n) is 6.80. The molecule has 0 radical (unpaired) electrons. The van der Waals surface area contributed by atoms with E-state index in [9.17, 15) is 9.90 Å². The van der Waals surface area contributed by atoms with Gasteiger partial charge in [0.05, 0.1) is 18.8 Å². The molecule has 3 N–H and O–H groups in total. The van der Waals surface area contributed by atoms with Gasteiger partial charge in [-0.3, -0.25) is 0 Å². The number of nitrogens with one attached hydrogen (secondary N) is 2. The summed E-state index contributed by atoms with van der Waals surface area (Å²) >= 11 is 0. The monoisotopic (exact) mass is 529 g/mol. The van der Waals surface area contributed by atoms with E-state index in [1.54, 1.807) is 0 Å². The Morgan fingerprint density at radius 2 is 1.74 bits per heavy atom. The van der Waals surface area contributed by atoms with Crippen molar-refractivity contribution in [2.24, 2.45) is 0 Å². The van der Waals surface area contributed by atoms with Gasteiger partial charge in [-0.2, -0.15) is 0 Å². The van der Waals surface area contributed by atoms with E-state index in [0.29, 0.717) is 13.1 Å². The van der Waals surface area contributed by atoms with Gasteiger partial charge in [0.15, 0.2) is 6.29 Å². The van der Waals surface area contributed by atoms with E-state index >= 15 is 0 Å². The standard InChI is InChI=1S/C32H39N3O4/c1-4-17-35(3)21-29-19-30(26-11-9-23(22-36)10-12-26)39-31(38-29)27-15-13-25(14-16-27)28-8-6-7-24(18-28)20-34-32(37)33-5-2/h4,6-16,18,29-31,36H,1,5,17,19-22H2,2-3H3,(H2,33,34,37). The molecule has 3 aromatic rings. The first-order chi connectivity index (χ1) is 19.0. The molecule has 1 fully saturated rings. The summed E-state index contributed by atoms with van der Waals surface area (Å²) in [5, 5.41) is 15.0. The fourth-order valence-electron chi connectivity index (χ4n) is 4.77. The number of likely N-dealkylation sites (N-methyl/N-ethyl adjacent to an activating group) is 1. The van der Waals surface area contributed by atoms with Gasteiger partial charge < -0.3 is 30.1 Å². The number of carbonyl (C=O) groups is 1. The lowest BCUT2D eigenvalue weighted by Crippen LogP contribution is -2.37. The highest BCUT2D eigenvalue weighted by Crippen LogP contribution is 2.38. The highest BCUT2D eigenvalue weighted by atomic mass is 16.7. The number of carbonyl (C=O) groups excluding carboxylic acids is 1. The Morgan fingerprint density at radius 1 is 1.00 bits per heavy atom. The number of ether oxygens (including phenoxy) is 2. The molecule has 1 saturated heterocycles. The van der Waals surface area contributed by atoms with Gasteiger partial charge in [0.1, 0.15) is 0 Å². The minimum absolute atomic E-state index is 0.00927. The van der Waals surface area contributed by atoms with Crippen LogP contribution in [0.1, 0.15) is 48.0 Å². The molecule has 0 aliphatic carbocycles. The second kappa shape index (κ2) is 14.1. The third kappa shape index (κ3) is 8.00. The summed E-state index contributed by atoms with van der Waals surface area (Å²) in [6.07, 6.45) is 2.01. The van der Waals surface area contributed by atoms with Crippen LogP contribution in [0.25, 0.3) is 11.1 Å². The number of aliphatic hydroxyl groups is 1. The SMILES string of the molecule is C=CCN(C)CC1CC(c2ccc(CO)cc2)OC(c2ccc(-c3cccc(CNC(=O)NCC)c3)cc2)O1. The van der Waals surface area contributed by atoms with Gasteiger partial charge >= 0.3 is 6.03 Å². The molecule has 1 heterocycles. The summed E-state index contributed by atoms with van der Waals surface area (Å²) in [5.74, 6) is 0. The molecule has 3 aromatic carbocycles. The summed E-state index contributed by atoms with van der Waals surface area (Å²) in [6.45, 7) is 8.37. The first-order valence-electron chi connectivity index (χ1n) is 13.5. The predicted molar refractivity (Wildman–Crippen MR) is 154 cm³/mol. The van der Waals surface area contributed by atoms with Crippen molar-refractivity contribution in [1.29, 1.82) is 0 Å². The second-order valence-corrected chi connectivity index (χ2v) is 9.90. The van der Waals surface area contributed by atoms with Crippen LogP contribution < -0.4 is 10.6 Å². The highest BCUT2D eigenvalue weighted by Gasteiger charge is 2.32. The number of benzene rings is 3. The summed E-state index contributed by atoms with van der Waals surface area (Å²) in [7, 11) is 2.06. The number of aliphatic hydroxyl groups excluding tert-OH is 1. The van der Waals surface area contributed by atoms with Crippen molar-refractivity contribution in [3.8, 4) is 11.1 Å². The Morgan fingerprint density at radius 3 is 2.44 bits per heavy atom. The lowest BCUT2D eigenvalue weighted by atomic mass is 9.99. The van der Waals surface area contributed by atoms with E-state index in [-0.39, 0.29) is 24.8 Å². The largest absolute Gasteiger partial charge is 0.392 e. The molecule has 1 aliphatic heterocycles. The summed E-state index contributed by atoms with van der Waals surface area (Å²) < 4.78 is 12.9. The van der Waals surface area contributed by atoms with Crippen molar-refractivity contribution in [3.63, 3.8) is 0 Å². The van der Waals surface area contributed by atoms with Crippen molar-refractivity contribution >= 4 is 6.03 Å². The number of urea groups is 1. The van der Waals surface area contributed by atoms with Crippen molar-refractivity contribution in [2.75, 3.05) is 26.7 Å². The second-order valence-electron chi connectivity index (χ2n) is 9.90. The van der Waals surface area contributed by atoms with Crippen molar-refractivity contribution in [3.05, 3.63) is 108 Å². The predicted octanol–water partition coefficient (Wildman–Crippen LogP) is 5.33. The average Bonchev–Trinajstić information content (AvgIpc) is 2.96. The van der Waals surface area contributed by atoms with Crippen LogP contribution >= 0.6 is 0 Å². The van der Waals surface area contributed by atoms with Crippen molar-refractivity contribution < 1.29 is 19.4 Å². The minimum Gasteiger partial charge on any atom is -0.392 e. The molecule has 4 rings (SSSR count). The first-order valence-corrected chi connectivity index (χ1v) is 13.5. The molecule has 3 atom stereocenters. The molecular formula is C32H39N3O4. The highest BCUT2D eigenvalue weighted by molar-refractivity contribution is 5.73. The maximum Gasteiger partial charge on any atom is 0.315 e. The Hall–Kier alpha value is -3.49. The van der Waals surface area contributed by atoms with E-state index in [0.717, 1.165) is 52.9 Å². The van der Waals surface area contributed by atoms with Gasteiger partial charge in [0.25, 0.3) is 0 Å². The molecule has 7 heteroatoms. The quantitative estimate of drug-likeness (QED) is 0.293. The Bertz CT molecular complexity index is 1210. The van der Waals surface area contributed by atoms with E-state index in [4.69, 9.17) is 9.47 Å². The molecule has 0 saturated carbocycles. The molecule has 1 aliphatic rings. The van der Waals surface area contributed by atoms with Crippen LogP contribution in [0.5, 0.6) is 0 Å². The summed E-state index contributed by atoms with van der Waals surface area (Å²) in [5.41, 5.74) is 6.10. The zero-order valence-corrected chi connectivity index (χ0v) is 22.8. The van der Waals surface area contributed by atoms with Crippen LogP contribution in [0.2, 0.25) is 0 Å². The maximum atomic E-state index is 11.8. The van der Waals surface area contributed by atoms with Gasteiger partial charge in [-0.25, -0.2) is 4.79 Å². The maximum absolute atomic E-state index is 11.8. The molecule has 0 bridgehead atoms. The van der Waals surface area contributed by atoms with Crippen LogP contribution in [0.4, 0.5) is 4.79 Å². The number of hydrogen-bond donors (Lipinski definition) is 3. The molecule has 2 amide bonds. The van der Waals surface area contributed by atoms with Gasteiger partial charge in [0, 0.05) is 38.2 Å². The number of nitrogens with zero attached hydrogens (tertiary/aromatic N) is 1. The Kier molecular flexibility index (Phi) is 10.3. The number of rotatable bonds is 11. The fraction of sp³-hybridized carbons (Fsp3) is 0.344. The van der Waals surface area contributed by atoms with E-state index in [1.165, 1.54) is 0 Å². The zero-order valence-electron chi connectivity index (χ0n) is 22.8. The fourth-order valence-corrected chi connectivity index (χ4v) is 4.77. The van der Waals surface area contributed by atoms with Crippen LogP contribution in [-0.4, -0.2) is 48.8 Å². The number of amides is 2. The molecule has 39 heavy (non-hydrogen) atoms. The Labute approximate surface area is 231 Å². The molecule has 3 unspecified atom stereocenters. The van der Waals surface area contributed by atoms with Crippen LogP contribution in [0.15, 0.2) is 85.5 Å². The molecule has 0 aromatic heterocycles.